The van der Waals surface area contributed by atoms with Crippen molar-refractivity contribution in [3.05, 3.63) is 24.3 Å². The molecule has 116 valence electrons. The van der Waals surface area contributed by atoms with E-state index in [1.807, 2.05) is 6.92 Å². The first-order valence-electron chi connectivity index (χ1n) is 6.38. The molecule has 1 aliphatic rings. The molecule has 1 fully saturated rings. The van der Waals surface area contributed by atoms with Gasteiger partial charge in [0.15, 0.2) is 0 Å². The topological polar surface area (TPSA) is 105 Å². The average molecular weight is 315 g/mol. The molecule has 8 heteroatoms. The van der Waals surface area contributed by atoms with Gasteiger partial charge in [-0.3, -0.25) is 4.79 Å². The Kier molecular flexibility index (Phi) is 6.41. The SMILES string of the molecule is C[C@H]1OCCN[C@@H]1C(=O)Nc1ccc(NC(N)=O)cc1.Cl. The van der Waals surface area contributed by atoms with E-state index in [0.29, 0.717) is 24.5 Å². The summed E-state index contributed by atoms with van der Waals surface area (Å²) in [5, 5.41) is 8.36. The van der Waals surface area contributed by atoms with Gasteiger partial charge in [0.1, 0.15) is 6.04 Å². The predicted octanol–water partition coefficient (Wildman–Crippen LogP) is 0.914. The van der Waals surface area contributed by atoms with Crippen molar-refractivity contribution in [2.45, 2.75) is 19.1 Å². The largest absolute Gasteiger partial charge is 0.375 e. The number of amides is 3. The normalized spacial score (nSPS) is 21.0. The number of ether oxygens (including phenoxy) is 1. The van der Waals surface area contributed by atoms with Crippen LogP contribution in [0.15, 0.2) is 24.3 Å². The van der Waals surface area contributed by atoms with Crippen LogP contribution in [-0.2, 0) is 9.53 Å². The Morgan fingerprint density at radius 1 is 1.24 bits per heavy atom. The van der Waals surface area contributed by atoms with Gasteiger partial charge in [-0.15, -0.1) is 12.4 Å². The lowest BCUT2D eigenvalue weighted by molar-refractivity contribution is -0.123. The van der Waals surface area contributed by atoms with Crippen LogP contribution in [0, 0.1) is 0 Å². The van der Waals surface area contributed by atoms with Gasteiger partial charge in [-0.05, 0) is 31.2 Å². The minimum Gasteiger partial charge on any atom is -0.375 e. The van der Waals surface area contributed by atoms with Crippen LogP contribution in [0.5, 0.6) is 0 Å². The maximum Gasteiger partial charge on any atom is 0.316 e. The lowest BCUT2D eigenvalue weighted by atomic mass is 10.1. The van der Waals surface area contributed by atoms with Crippen molar-refractivity contribution >= 4 is 35.7 Å². The van der Waals surface area contributed by atoms with Crippen LogP contribution in [0.25, 0.3) is 0 Å². The molecular weight excluding hydrogens is 296 g/mol. The Labute approximate surface area is 129 Å². The van der Waals surface area contributed by atoms with Crippen LogP contribution in [-0.4, -0.2) is 37.2 Å². The van der Waals surface area contributed by atoms with Gasteiger partial charge >= 0.3 is 6.03 Å². The number of nitrogens with two attached hydrogens (primary N) is 1. The molecule has 0 bridgehead atoms. The second kappa shape index (κ2) is 7.82. The maximum atomic E-state index is 12.1. The van der Waals surface area contributed by atoms with Crippen molar-refractivity contribution in [3.63, 3.8) is 0 Å². The van der Waals surface area contributed by atoms with Crippen LogP contribution in [0.2, 0.25) is 0 Å². The smallest absolute Gasteiger partial charge is 0.316 e. The van der Waals surface area contributed by atoms with Crippen molar-refractivity contribution < 1.29 is 14.3 Å². The summed E-state index contributed by atoms with van der Waals surface area (Å²) in [5.74, 6) is -0.146. The summed E-state index contributed by atoms with van der Waals surface area (Å²) in [5.41, 5.74) is 6.23. The molecule has 2 rings (SSSR count). The third-order valence-corrected chi connectivity index (χ3v) is 3.02. The van der Waals surface area contributed by atoms with E-state index < -0.39 is 6.03 Å². The lowest BCUT2D eigenvalue weighted by Gasteiger charge is -2.29. The maximum absolute atomic E-state index is 12.1. The van der Waals surface area contributed by atoms with Crippen molar-refractivity contribution in [3.8, 4) is 0 Å². The highest BCUT2D eigenvalue weighted by atomic mass is 35.5. The molecule has 5 N–H and O–H groups in total. The molecule has 1 saturated heterocycles. The van der Waals surface area contributed by atoms with Crippen molar-refractivity contribution in [1.29, 1.82) is 0 Å². The van der Waals surface area contributed by atoms with E-state index in [4.69, 9.17) is 10.5 Å². The molecule has 0 spiro atoms. The van der Waals surface area contributed by atoms with Gasteiger partial charge in [0.05, 0.1) is 12.7 Å². The van der Waals surface area contributed by atoms with Crippen LogP contribution < -0.4 is 21.7 Å². The molecule has 1 aliphatic heterocycles. The Morgan fingerprint density at radius 3 is 2.33 bits per heavy atom. The molecule has 1 aromatic rings. The summed E-state index contributed by atoms with van der Waals surface area (Å²) < 4.78 is 5.43. The Hall–Kier alpha value is -1.83. The molecule has 2 atom stereocenters. The number of benzene rings is 1. The number of halogens is 1. The number of rotatable bonds is 3. The molecule has 21 heavy (non-hydrogen) atoms. The minimum atomic E-state index is -0.626. The number of carbonyl (C=O) groups is 2. The third-order valence-electron chi connectivity index (χ3n) is 3.02. The number of morpholine rings is 1. The summed E-state index contributed by atoms with van der Waals surface area (Å²) in [6.45, 7) is 3.12. The second-order valence-corrected chi connectivity index (χ2v) is 4.56. The van der Waals surface area contributed by atoms with Crippen LogP contribution in [0.3, 0.4) is 0 Å². The van der Waals surface area contributed by atoms with Crippen LogP contribution in [0.4, 0.5) is 16.2 Å². The fourth-order valence-corrected chi connectivity index (χ4v) is 2.03. The van der Waals surface area contributed by atoms with E-state index in [1.54, 1.807) is 24.3 Å². The molecule has 0 unspecified atom stereocenters. The Morgan fingerprint density at radius 2 is 1.81 bits per heavy atom. The molecular formula is C13H19ClN4O3. The molecule has 0 radical (unpaired) electrons. The van der Waals surface area contributed by atoms with Gasteiger partial charge in [-0.25, -0.2) is 4.79 Å². The van der Waals surface area contributed by atoms with E-state index in [2.05, 4.69) is 16.0 Å². The predicted molar refractivity (Wildman–Crippen MR) is 82.7 cm³/mol. The number of nitrogens with one attached hydrogen (secondary N) is 3. The zero-order valence-corrected chi connectivity index (χ0v) is 12.4. The standard InChI is InChI=1S/C13H18N4O3.ClH/c1-8-11(15-6-7-20-8)12(18)16-9-2-4-10(5-3-9)17-13(14)19;/h2-5,8,11,15H,6-7H2,1H3,(H,16,18)(H3,14,17,19);1H/t8-,11+;/m1./s1. The molecule has 1 heterocycles. The first kappa shape index (κ1) is 17.2. The molecule has 0 saturated carbocycles. The van der Waals surface area contributed by atoms with Crippen molar-refractivity contribution in [2.24, 2.45) is 5.73 Å². The van der Waals surface area contributed by atoms with Crippen LogP contribution in [0.1, 0.15) is 6.92 Å². The number of urea groups is 1. The number of carbonyl (C=O) groups excluding carboxylic acids is 2. The van der Waals surface area contributed by atoms with E-state index in [9.17, 15) is 9.59 Å². The molecule has 7 nitrogen and oxygen atoms in total. The van der Waals surface area contributed by atoms with Gasteiger partial charge in [0.25, 0.3) is 0 Å². The van der Waals surface area contributed by atoms with Crippen molar-refractivity contribution in [1.82, 2.24) is 5.32 Å². The first-order valence-corrected chi connectivity index (χ1v) is 6.38. The monoisotopic (exact) mass is 314 g/mol. The minimum absolute atomic E-state index is 0. The van der Waals surface area contributed by atoms with Gasteiger partial charge in [0.2, 0.25) is 5.91 Å². The average Bonchev–Trinajstić information content (AvgIpc) is 2.41. The summed E-state index contributed by atoms with van der Waals surface area (Å²) in [6.07, 6.45) is -0.167. The van der Waals surface area contributed by atoms with E-state index >= 15 is 0 Å². The second-order valence-electron chi connectivity index (χ2n) is 4.56. The van der Waals surface area contributed by atoms with Gasteiger partial charge in [-0.1, -0.05) is 0 Å². The quantitative estimate of drug-likeness (QED) is 0.665. The van der Waals surface area contributed by atoms with Gasteiger partial charge in [-0.2, -0.15) is 0 Å². The Balaban J connectivity index is 0.00000220. The first-order chi connectivity index (χ1) is 9.56. The number of primary amides is 1. The van der Waals surface area contributed by atoms with Gasteiger partial charge < -0.3 is 26.4 Å². The molecule has 1 aromatic carbocycles. The highest BCUT2D eigenvalue weighted by Crippen LogP contribution is 2.14. The Bertz CT molecular complexity index is 495. The van der Waals surface area contributed by atoms with E-state index in [0.717, 1.165) is 0 Å². The third kappa shape index (κ3) is 4.89. The van der Waals surface area contributed by atoms with Crippen molar-refractivity contribution in [2.75, 3.05) is 23.8 Å². The lowest BCUT2D eigenvalue weighted by Crippen LogP contribution is -2.53. The zero-order chi connectivity index (χ0) is 14.5. The summed E-state index contributed by atoms with van der Waals surface area (Å²) in [6, 6.07) is 5.71. The summed E-state index contributed by atoms with van der Waals surface area (Å²) in [4.78, 5) is 22.8. The fraction of sp³-hybridized carbons (Fsp3) is 0.385. The highest BCUT2D eigenvalue weighted by Gasteiger charge is 2.28. The number of anilines is 2. The number of hydrogen-bond acceptors (Lipinski definition) is 4. The zero-order valence-electron chi connectivity index (χ0n) is 11.6. The molecule has 0 aromatic heterocycles. The summed E-state index contributed by atoms with van der Waals surface area (Å²) >= 11 is 0. The van der Waals surface area contributed by atoms with Crippen LogP contribution >= 0.6 is 12.4 Å². The fourth-order valence-electron chi connectivity index (χ4n) is 2.03. The van der Waals surface area contributed by atoms with E-state index in [-0.39, 0.29) is 30.5 Å². The molecule has 3 amide bonds. The number of hydrogen-bond donors (Lipinski definition) is 4. The molecule has 0 aliphatic carbocycles. The highest BCUT2D eigenvalue weighted by molar-refractivity contribution is 5.95. The summed E-state index contributed by atoms with van der Waals surface area (Å²) in [7, 11) is 0. The van der Waals surface area contributed by atoms with E-state index in [1.165, 1.54) is 0 Å². The van der Waals surface area contributed by atoms with Gasteiger partial charge in [0, 0.05) is 17.9 Å².